The van der Waals surface area contributed by atoms with E-state index in [1.807, 2.05) is 64.1 Å². The number of rotatable bonds is 4. The van der Waals surface area contributed by atoms with Crippen molar-refractivity contribution in [1.82, 2.24) is 13.9 Å². The van der Waals surface area contributed by atoms with Gasteiger partial charge in [0.25, 0.3) is 5.56 Å². The molecular formula is C22H22N6OS. The average Bonchev–Trinajstić information content (AvgIpc) is 3.05. The summed E-state index contributed by atoms with van der Waals surface area (Å²) in [6, 6.07) is 13.2. The lowest BCUT2D eigenvalue weighted by Gasteiger charge is -2.15. The minimum Gasteiger partial charge on any atom is -0.389 e. The summed E-state index contributed by atoms with van der Waals surface area (Å²) < 4.78 is 5.83. The number of nitrogens with two attached hydrogens (primary N) is 1. The Labute approximate surface area is 178 Å². The van der Waals surface area contributed by atoms with Gasteiger partial charge in [-0.3, -0.25) is 4.79 Å². The number of hydrogen-bond acceptors (Lipinski definition) is 7. The Kier molecular flexibility index (Phi) is 5.09. The molecule has 0 saturated carbocycles. The summed E-state index contributed by atoms with van der Waals surface area (Å²) in [5, 5.41) is 5.62. The Hall–Kier alpha value is -3.52. The Balaban J connectivity index is 1.90. The number of nitrogens with zero attached hydrogens (tertiary/aromatic N) is 4. The molecule has 0 aliphatic carbocycles. The van der Waals surface area contributed by atoms with E-state index < -0.39 is 0 Å². The van der Waals surface area contributed by atoms with Gasteiger partial charge in [-0.2, -0.15) is 9.47 Å². The number of fused-ring (bicyclic) bond motifs is 1. The summed E-state index contributed by atoms with van der Waals surface area (Å²) in [5.74, 6) is 0.337. The number of aromatic nitrogens is 3. The molecule has 2 heterocycles. The monoisotopic (exact) mass is 418 g/mol. The van der Waals surface area contributed by atoms with Crippen molar-refractivity contribution in [2.45, 2.75) is 27.7 Å². The number of nitrogens with one attached hydrogen (secondary N) is 1. The van der Waals surface area contributed by atoms with Crippen LogP contribution < -0.4 is 16.7 Å². The van der Waals surface area contributed by atoms with Gasteiger partial charge in [0, 0.05) is 0 Å². The number of benzene rings is 2. The molecule has 0 aliphatic heterocycles. The fourth-order valence-electron chi connectivity index (χ4n) is 3.50. The fraction of sp³-hybridized carbons (Fsp3) is 0.182. The molecule has 0 radical (unpaired) electrons. The SMILES string of the molecule is C/C(=N/Nc1nc2ccccc2c(=O)n1-c1ccc(C)cc1C)c1c(C)nsc1N. The van der Waals surface area contributed by atoms with Crippen molar-refractivity contribution < 1.29 is 0 Å². The molecule has 8 heteroatoms. The molecule has 0 spiro atoms. The zero-order valence-corrected chi connectivity index (χ0v) is 18.0. The first-order valence-corrected chi connectivity index (χ1v) is 10.3. The van der Waals surface area contributed by atoms with Gasteiger partial charge in [-0.05, 0) is 63.0 Å². The summed E-state index contributed by atoms with van der Waals surface area (Å²) in [6.07, 6.45) is 0. The third-order valence-electron chi connectivity index (χ3n) is 4.94. The number of hydrogen-bond donors (Lipinski definition) is 2. The van der Waals surface area contributed by atoms with Crippen molar-refractivity contribution in [2.24, 2.45) is 5.10 Å². The van der Waals surface area contributed by atoms with Gasteiger partial charge in [-0.1, -0.05) is 29.8 Å². The molecule has 3 N–H and O–H groups in total. The Morgan fingerprint density at radius 1 is 1.17 bits per heavy atom. The number of aryl methyl sites for hydroxylation is 3. The maximum absolute atomic E-state index is 13.4. The number of hydrazone groups is 1. The van der Waals surface area contributed by atoms with Gasteiger partial charge in [0.2, 0.25) is 5.95 Å². The third kappa shape index (κ3) is 3.46. The predicted molar refractivity (Wildman–Crippen MR) is 124 cm³/mol. The van der Waals surface area contributed by atoms with Crippen molar-refractivity contribution in [2.75, 3.05) is 11.2 Å². The molecule has 4 rings (SSSR count). The van der Waals surface area contributed by atoms with Gasteiger partial charge >= 0.3 is 0 Å². The van der Waals surface area contributed by atoms with E-state index in [-0.39, 0.29) is 5.56 Å². The average molecular weight is 419 g/mol. The standard InChI is InChI=1S/C22H22N6OS/c1-12-9-10-18(13(2)11-12)28-21(29)16-7-5-6-8-17(16)24-22(28)26-25-14(3)19-15(4)27-30-20(19)23/h5-11H,23H2,1-4H3,(H,24,26)/b25-14-. The van der Waals surface area contributed by atoms with Gasteiger partial charge in [0.1, 0.15) is 5.00 Å². The van der Waals surface area contributed by atoms with E-state index in [0.29, 0.717) is 27.6 Å². The molecule has 0 amide bonds. The van der Waals surface area contributed by atoms with Crippen molar-refractivity contribution in [3.63, 3.8) is 0 Å². The zero-order chi connectivity index (χ0) is 21.4. The molecule has 7 nitrogen and oxygen atoms in total. The molecule has 0 fully saturated rings. The van der Waals surface area contributed by atoms with Gasteiger partial charge in [0.05, 0.1) is 33.6 Å². The summed E-state index contributed by atoms with van der Waals surface area (Å²) in [5.41, 5.74) is 14.6. The van der Waals surface area contributed by atoms with Crippen LogP contribution in [0.2, 0.25) is 0 Å². The molecule has 152 valence electrons. The van der Waals surface area contributed by atoms with Crippen molar-refractivity contribution in [1.29, 1.82) is 0 Å². The largest absolute Gasteiger partial charge is 0.389 e. The summed E-state index contributed by atoms with van der Waals surface area (Å²) in [4.78, 5) is 18.0. The highest BCUT2D eigenvalue weighted by atomic mass is 32.1. The Bertz CT molecular complexity index is 1330. The van der Waals surface area contributed by atoms with Crippen LogP contribution in [0.25, 0.3) is 16.6 Å². The normalized spacial score (nSPS) is 11.8. The summed E-state index contributed by atoms with van der Waals surface area (Å²) >= 11 is 1.24. The minimum atomic E-state index is -0.157. The zero-order valence-electron chi connectivity index (χ0n) is 17.2. The lowest BCUT2D eigenvalue weighted by atomic mass is 10.1. The highest BCUT2D eigenvalue weighted by Gasteiger charge is 2.15. The van der Waals surface area contributed by atoms with Gasteiger partial charge in [0.15, 0.2) is 0 Å². The summed E-state index contributed by atoms with van der Waals surface area (Å²) in [7, 11) is 0. The topological polar surface area (TPSA) is 98.2 Å². The van der Waals surface area contributed by atoms with E-state index >= 15 is 0 Å². The maximum atomic E-state index is 13.4. The van der Waals surface area contributed by atoms with Gasteiger partial charge < -0.3 is 5.73 Å². The molecule has 0 aliphatic rings. The van der Waals surface area contributed by atoms with Crippen LogP contribution in [0.15, 0.2) is 52.4 Å². The van der Waals surface area contributed by atoms with E-state index in [0.717, 1.165) is 28.1 Å². The quantitative estimate of drug-likeness (QED) is 0.383. The first kappa shape index (κ1) is 19.8. The van der Waals surface area contributed by atoms with Crippen LogP contribution >= 0.6 is 11.5 Å². The van der Waals surface area contributed by atoms with Crippen LogP contribution in [0, 0.1) is 20.8 Å². The lowest BCUT2D eigenvalue weighted by Crippen LogP contribution is -2.23. The Morgan fingerprint density at radius 3 is 2.63 bits per heavy atom. The number of para-hydroxylation sites is 1. The second kappa shape index (κ2) is 7.72. The second-order valence-corrected chi connectivity index (χ2v) is 8.00. The molecule has 0 unspecified atom stereocenters. The fourth-order valence-corrected chi connectivity index (χ4v) is 4.22. The number of nitrogen functional groups attached to an aromatic ring is 1. The van der Waals surface area contributed by atoms with E-state index in [9.17, 15) is 4.79 Å². The van der Waals surface area contributed by atoms with Gasteiger partial charge in [-0.25, -0.2) is 15.0 Å². The van der Waals surface area contributed by atoms with E-state index in [1.54, 1.807) is 10.6 Å². The molecule has 0 atom stereocenters. The predicted octanol–water partition coefficient (Wildman–Crippen LogP) is 4.19. The first-order chi connectivity index (χ1) is 14.4. The maximum Gasteiger partial charge on any atom is 0.267 e. The smallest absolute Gasteiger partial charge is 0.267 e. The van der Waals surface area contributed by atoms with E-state index in [2.05, 4.69) is 19.9 Å². The van der Waals surface area contributed by atoms with Crippen LogP contribution in [-0.4, -0.2) is 19.6 Å². The summed E-state index contributed by atoms with van der Waals surface area (Å²) in [6.45, 7) is 7.73. The van der Waals surface area contributed by atoms with E-state index in [4.69, 9.17) is 5.73 Å². The highest BCUT2D eigenvalue weighted by Crippen LogP contribution is 2.23. The van der Waals surface area contributed by atoms with Crippen LogP contribution in [-0.2, 0) is 0 Å². The minimum absolute atomic E-state index is 0.157. The van der Waals surface area contributed by atoms with Crippen molar-refractivity contribution >= 4 is 39.1 Å². The molecule has 2 aromatic carbocycles. The van der Waals surface area contributed by atoms with Crippen molar-refractivity contribution in [3.8, 4) is 5.69 Å². The van der Waals surface area contributed by atoms with Crippen molar-refractivity contribution in [3.05, 3.63) is 75.2 Å². The van der Waals surface area contributed by atoms with E-state index in [1.165, 1.54) is 11.5 Å². The first-order valence-electron chi connectivity index (χ1n) is 9.48. The lowest BCUT2D eigenvalue weighted by molar-refractivity contribution is 0.945. The highest BCUT2D eigenvalue weighted by molar-refractivity contribution is 7.10. The van der Waals surface area contributed by atoms with Crippen LogP contribution in [0.4, 0.5) is 10.9 Å². The van der Waals surface area contributed by atoms with Gasteiger partial charge in [-0.15, -0.1) is 0 Å². The second-order valence-electron chi connectivity index (χ2n) is 7.20. The Morgan fingerprint density at radius 2 is 1.93 bits per heavy atom. The number of anilines is 2. The molecule has 30 heavy (non-hydrogen) atoms. The van der Waals surface area contributed by atoms with Crippen LogP contribution in [0.5, 0.6) is 0 Å². The molecule has 0 bridgehead atoms. The molecular weight excluding hydrogens is 396 g/mol. The van der Waals surface area contributed by atoms with Crippen LogP contribution in [0.3, 0.4) is 0 Å². The molecule has 4 aromatic rings. The third-order valence-corrected chi connectivity index (χ3v) is 5.71. The molecule has 2 aromatic heterocycles. The molecule has 0 saturated heterocycles. The van der Waals surface area contributed by atoms with Crippen LogP contribution in [0.1, 0.15) is 29.3 Å².